The van der Waals surface area contributed by atoms with Crippen molar-refractivity contribution in [1.29, 1.82) is 0 Å². The predicted molar refractivity (Wildman–Crippen MR) is 116 cm³/mol. The number of carbonyl (C=O) groups excluding carboxylic acids is 1. The topological polar surface area (TPSA) is 96.6 Å². The van der Waals surface area contributed by atoms with E-state index in [-0.39, 0.29) is 23.2 Å². The Hall–Kier alpha value is -3.04. The van der Waals surface area contributed by atoms with Crippen LogP contribution in [0.4, 0.5) is 5.69 Å². The van der Waals surface area contributed by atoms with Crippen LogP contribution in [0.1, 0.15) is 32.1 Å². The second-order valence-corrected chi connectivity index (χ2v) is 9.29. The van der Waals surface area contributed by atoms with Crippen LogP contribution in [0.15, 0.2) is 63.9 Å². The molecule has 162 valence electrons. The lowest BCUT2D eigenvalue weighted by atomic mass is 10.2. The summed E-state index contributed by atoms with van der Waals surface area (Å²) < 4.78 is 33.6. The molecule has 0 radical (unpaired) electrons. The van der Waals surface area contributed by atoms with Crippen molar-refractivity contribution in [2.24, 2.45) is 0 Å². The van der Waals surface area contributed by atoms with E-state index in [4.69, 9.17) is 4.42 Å². The first-order valence-electron chi connectivity index (χ1n) is 10.3. The van der Waals surface area contributed by atoms with Gasteiger partial charge in [0, 0.05) is 30.8 Å². The molecule has 1 fully saturated rings. The normalized spacial score (nSPS) is 14.5. The van der Waals surface area contributed by atoms with Gasteiger partial charge < -0.3 is 9.32 Å². The van der Waals surface area contributed by atoms with Gasteiger partial charge in [-0.15, -0.1) is 10.2 Å². The number of anilines is 1. The SMILES string of the molecule is CCCN(Cc1nnc(-c2ccccc2)o1)S(=O)(=O)c1ccc(N2CCCC2=O)cc1. The Kier molecular flexibility index (Phi) is 6.15. The van der Waals surface area contributed by atoms with Gasteiger partial charge in [0.25, 0.3) is 0 Å². The minimum Gasteiger partial charge on any atom is -0.419 e. The molecule has 1 amide bonds. The third-order valence-electron chi connectivity index (χ3n) is 5.13. The average Bonchev–Trinajstić information content (AvgIpc) is 3.43. The minimum atomic E-state index is -3.77. The molecule has 0 aliphatic carbocycles. The molecule has 4 rings (SSSR count). The Balaban J connectivity index is 1.54. The molecule has 3 aromatic rings. The first kappa shape index (κ1) is 21.2. The van der Waals surface area contributed by atoms with E-state index in [2.05, 4.69) is 10.2 Å². The van der Waals surface area contributed by atoms with Crippen LogP contribution < -0.4 is 4.90 Å². The third kappa shape index (κ3) is 4.52. The predicted octanol–water partition coefficient (Wildman–Crippen LogP) is 3.46. The Morgan fingerprint density at radius 2 is 1.81 bits per heavy atom. The molecular weight excluding hydrogens is 416 g/mol. The molecule has 1 aliphatic heterocycles. The van der Waals surface area contributed by atoms with Gasteiger partial charge in [-0.25, -0.2) is 8.42 Å². The number of carbonyl (C=O) groups is 1. The Bertz CT molecular complexity index is 1140. The molecule has 31 heavy (non-hydrogen) atoms. The van der Waals surface area contributed by atoms with Gasteiger partial charge in [0.05, 0.1) is 11.4 Å². The third-order valence-corrected chi connectivity index (χ3v) is 6.99. The zero-order chi connectivity index (χ0) is 21.8. The van der Waals surface area contributed by atoms with E-state index in [1.54, 1.807) is 29.2 Å². The number of sulfonamides is 1. The second kappa shape index (κ2) is 8.99. The summed E-state index contributed by atoms with van der Waals surface area (Å²) in [5.74, 6) is 0.646. The smallest absolute Gasteiger partial charge is 0.247 e. The van der Waals surface area contributed by atoms with Crippen LogP contribution in [0.5, 0.6) is 0 Å². The van der Waals surface area contributed by atoms with Crippen molar-refractivity contribution in [3.8, 4) is 11.5 Å². The van der Waals surface area contributed by atoms with Gasteiger partial charge in [0.15, 0.2) is 0 Å². The highest BCUT2D eigenvalue weighted by atomic mass is 32.2. The van der Waals surface area contributed by atoms with Crippen molar-refractivity contribution in [1.82, 2.24) is 14.5 Å². The highest BCUT2D eigenvalue weighted by Gasteiger charge is 2.27. The van der Waals surface area contributed by atoms with Crippen LogP contribution in [0, 0.1) is 0 Å². The van der Waals surface area contributed by atoms with Gasteiger partial charge in [0.2, 0.25) is 27.7 Å². The highest BCUT2D eigenvalue weighted by Crippen LogP contribution is 2.26. The lowest BCUT2D eigenvalue weighted by Gasteiger charge is -2.21. The van der Waals surface area contributed by atoms with E-state index in [1.165, 1.54) is 4.31 Å². The van der Waals surface area contributed by atoms with Crippen molar-refractivity contribution in [2.45, 2.75) is 37.6 Å². The van der Waals surface area contributed by atoms with E-state index in [0.29, 0.717) is 37.5 Å². The standard InChI is InChI=1S/C22H24N4O4S/c1-2-14-25(16-20-23-24-22(30-20)17-7-4-3-5-8-17)31(28,29)19-12-10-18(11-13-19)26-15-6-9-21(26)27/h3-5,7-8,10-13H,2,6,9,14-16H2,1H3. The lowest BCUT2D eigenvalue weighted by Crippen LogP contribution is -2.31. The largest absolute Gasteiger partial charge is 0.419 e. The van der Waals surface area contributed by atoms with Crippen molar-refractivity contribution >= 4 is 21.6 Å². The molecule has 1 saturated heterocycles. The number of hydrogen-bond donors (Lipinski definition) is 0. The number of hydrogen-bond acceptors (Lipinski definition) is 6. The van der Waals surface area contributed by atoms with Gasteiger partial charge >= 0.3 is 0 Å². The van der Waals surface area contributed by atoms with Gasteiger partial charge in [-0.2, -0.15) is 4.31 Å². The number of aromatic nitrogens is 2. The molecule has 0 N–H and O–H groups in total. The second-order valence-electron chi connectivity index (χ2n) is 7.35. The van der Waals surface area contributed by atoms with Gasteiger partial charge in [-0.05, 0) is 49.2 Å². The van der Waals surface area contributed by atoms with Crippen LogP contribution in [0.25, 0.3) is 11.5 Å². The molecule has 0 spiro atoms. The maximum absolute atomic E-state index is 13.3. The molecule has 0 unspecified atom stereocenters. The van der Waals surface area contributed by atoms with E-state index >= 15 is 0 Å². The fourth-order valence-corrected chi connectivity index (χ4v) is 5.05. The summed E-state index contributed by atoms with van der Waals surface area (Å²) in [5, 5.41) is 8.07. The molecule has 9 heteroatoms. The van der Waals surface area contributed by atoms with Crippen molar-refractivity contribution in [3.05, 3.63) is 60.5 Å². The summed E-state index contributed by atoms with van der Waals surface area (Å²) in [4.78, 5) is 13.8. The van der Waals surface area contributed by atoms with Gasteiger partial charge in [-0.3, -0.25) is 4.79 Å². The summed E-state index contributed by atoms with van der Waals surface area (Å²) in [7, 11) is -3.77. The summed E-state index contributed by atoms with van der Waals surface area (Å²) in [5.41, 5.74) is 1.49. The zero-order valence-corrected chi connectivity index (χ0v) is 18.1. The average molecular weight is 441 g/mol. The maximum Gasteiger partial charge on any atom is 0.247 e. The van der Waals surface area contributed by atoms with Crippen LogP contribution >= 0.6 is 0 Å². The molecule has 8 nitrogen and oxygen atoms in total. The first-order chi connectivity index (χ1) is 15.0. The molecule has 1 aromatic heterocycles. The van der Waals surface area contributed by atoms with Crippen LogP contribution in [0.2, 0.25) is 0 Å². The summed E-state index contributed by atoms with van der Waals surface area (Å²) in [6, 6.07) is 15.8. The lowest BCUT2D eigenvalue weighted by molar-refractivity contribution is -0.117. The minimum absolute atomic E-state index is 0.0115. The fraction of sp³-hybridized carbons (Fsp3) is 0.318. The highest BCUT2D eigenvalue weighted by molar-refractivity contribution is 7.89. The quantitative estimate of drug-likeness (QED) is 0.532. The summed E-state index contributed by atoms with van der Waals surface area (Å²) >= 11 is 0. The molecule has 2 heterocycles. The van der Waals surface area contributed by atoms with E-state index in [0.717, 1.165) is 12.0 Å². The molecule has 0 bridgehead atoms. The number of amides is 1. The zero-order valence-electron chi connectivity index (χ0n) is 17.3. The van der Waals surface area contributed by atoms with Crippen LogP contribution in [-0.2, 0) is 21.4 Å². The van der Waals surface area contributed by atoms with E-state index in [9.17, 15) is 13.2 Å². The van der Waals surface area contributed by atoms with Gasteiger partial charge in [0.1, 0.15) is 0 Å². The van der Waals surface area contributed by atoms with Crippen molar-refractivity contribution in [3.63, 3.8) is 0 Å². The van der Waals surface area contributed by atoms with Crippen LogP contribution in [0.3, 0.4) is 0 Å². The summed E-state index contributed by atoms with van der Waals surface area (Å²) in [6.45, 7) is 2.88. The first-order valence-corrected chi connectivity index (χ1v) is 11.7. The van der Waals surface area contributed by atoms with Crippen LogP contribution in [-0.4, -0.2) is 41.9 Å². The monoisotopic (exact) mass is 440 g/mol. The number of benzene rings is 2. The van der Waals surface area contributed by atoms with Gasteiger partial charge in [-0.1, -0.05) is 25.1 Å². The molecule has 1 aliphatic rings. The van der Waals surface area contributed by atoms with Crippen molar-refractivity contribution in [2.75, 3.05) is 18.0 Å². The van der Waals surface area contributed by atoms with E-state index in [1.807, 2.05) is 37.3 Å². The van der Waals surface area contributed by atoms with Crippen molar-refractivity contribution < 1.29 is 17.6 Å². The summed E-state index contributed by atoms with van der Waals surface area (Å²) in [6.07, 6.45) is 1.98. The number of nitrogens with zero attached hydrogens (tertiary/aromatic N) is 4. The Morgan fingerprint density at radius 1 is 1.06 bits per heavy atom. The molecule has 0 saturated carbocycles. The van der Waals surface area contributed by atoms with E-state index < -0.39 is 10.0 Å². The molecular formula is C22H24N4O4S. The Labute approximate surface area is 181 Å². The Morgan fingerprint density at radius 3 is 2.45 bits per heavy atom. The molecule has 2 aromatic carbocycles. The maximum atomic E-state index is 13.3. The fourth-order valence-electron chi connectivity index (χ4n) is 3.57. The molecule has 0 atom stereocenters. The number of rotatable bonds is 8.